The normalized spacial score (nSPS) is 13.8. The van der Waals surface area contributed by atoms with Crippen molar-refractivity contribution in [2.75, 3.05) is 6.54 Å². The van der Waals surface area contributed by atoms with Gasteiger partial charge < -0.3 is 4.57 Å². The van der Waals surface area contributed by atoms with E-state index in [1.807, 2.05) is 24.4 Å². The predicted molar refractivity (Wildman–Crippen MR) is 90.8 cm³/mol. The van der Waals surface area contributed by atoms with E-state index in [-0.39, 0.29) is 11.8 Å². The third kappa shape index (κ3) is 2.38. The molecule has 0 atom stereocenters. The quantitative estimate of drug-likeness (QED) is 0.536. The summed E-state index contributed by atoms with van der Waals surface area (Å²) in [4.78, 5) is 30.3. The molecule has 5 nitrogen and oxygen atoms in total. The van der Waals surface area contributed by atoms with E-state index in [4.69, 9.17) is 0 Å². The number of benzene rings is 1. The lowest BCUT2D eigenvalue weighted by atomic mass is 10.1. The Kier molecular flexibility index (Phi) is 3.61. The first kappa shape index (κ1) is 14.6. The van der Waals surface area contributed by atoms with E-state index in [9.17, 15) is 9.59 Å². The fourth-order valence-corrected chi connectivity index (χ4v) is 3.21. The molecule has 0 fully saturated rings. The molecule has 0 N–H and O–H groups in total. The van der Waals surface area contributed by atoms with Crippen LogP contribution in [0.2, 0.25) is 0 Å². The summed E-state index contributed by atoms with van der Waals surface area (Å²) >= 11 is 0. The zero-order chi connectivity index (χ0) is 16.5. The highest BCUT2D eigenvalue weighted by Crippen LogP contribution is 2.22. The van der Waals surface area contributed by atoms with Gasteiger partial charge in [0.1, 0.15) is 0 Å². The van der Waals surface area contributed by atoms with Gasteiger partial charge in [0.15, 0.2) is 0 Å². The lowest BCUT2D eigenvalue weighted by Gasteiger charge is -2.13. The van der Waals surface area contributed by atoms with Crippen LogP contribution in [0.1, 0.15) is 33.6 Å². The van der Waals surface area contributed by atoms with Gasteiger partial charge in [-0.15, -0.1) is 0 Å². The first-order valence-corrected chi connectivity index (χ1v) is 8.11. The van der Waals surface area contributed by atoms with Gasteiger partial charge >= 0.3 is 0 Å². The van der Waals surface area contributed by atoms with Crippen molar-refractivity contribution in [3.8, 4) is 0 Å². The second kappa shape index (κ2) is 5.92. The van der Waals surface area contributed by atoms with Crippen LogP contribution < -0.4 is 0 Å². The molecule has 1 aromatic carbocycles. The van der Waals surface area contributed by atoms with E-state index in [0.717, 1.165) is 30.4 Å². The number of hydrogen-bond acceptors (Lipinski definition) is 3. The number of aromatic nitrogens is 2. The van der Waals surface area contributed by atoms with E-state index in [2.05, 4.69) is 9.55 Å². The monoisotopic (exact) mass is 319 g/mol. The SMILES string of the molecule is O=C1c2ccccc2C(=O)N1CCCCn1ccc2ncccc21. The van der Waals surface area contributed by atoms with Gasteiger partial charge in [-0.25, -0.2) is 0 Å². The third-order valence-corrected chi connectivity index (χ3v) is 4.45. The van der Waals surface area contributed by atoms with Crippen LogP contribution in [0.15, 0.2) is 54.9 Å². The Hall–Kier alpha value is -2.95. The molecule has 0 unspecified atom stereocenters. The number of carbonyl (C=O) groups excluding carboxylic acids is 2. The van der Waals surface area contributed by atoms with Crippen molar-refractivity contribution in [1.29, 1.82) is 0 Å². The van der Waals surface area contributed by atoms with Gasteiger partial charge in [-0.2, -0.15) is 0 Å². The van der Waals surface area contributed by atoms with Crippen LogP contribution in [0.3, 0.4) is 0 Å². The Morgan fingerprint density at radius 3 is 2.29 bits per heavy atom. The molecule has 24 heavy (non-hydrogen) atoms. The fraction of sp³-hybridized carbons (Fsp3) is 0.211. The van der Waals surface area contributed by atoms with Crippen LogP contribution in [-0.2, 0) is 6.54 Å². The molecule has 0 saturated heterocycles. The number of fused-ring (bicyclic) bond motifs is 2. The molecular formula is C19H17N3O2. The maximum atomic E-state index is 12.3. The van der Waals surface area contributed by atoms with Gasteiger partial charge in [-0.05, 0) is 43.2 Å². The van der Waals surface area contributed by atoms with Crippen molar-refractivity contribution in [2.24, 2.45) is 0 Å². The average molecular weight is 319 g/mol. The van der Waals surface area contributed by atoms with Crippen LogP contribution in [0, 0.1) is 0 Å². The largest absolute Gasteiger partial charge is 0.346 e. The molecule has 0 radical (unpaired) electrons. The van der Waals surface area contributed by atoms with Crippen molar-refractivity contribution in [3.63, 3.8) is 0 Å². The topological polar surface area (TPSA) is 55.2 Å². The Morgan fingerprint density at radius 2 is 1.54 bits per heavy atom. The Balaban J connectivity index is 1.37. The van der Waals surface area contributed by atoms with Gasteiger partial charge in [0.25, 0.3) is 11.8 Å². The van der Waals surface area contributed by atoms with Crippen LogP contribution in [-0.4, -0.2) is 32.8 Å². The standard InChI is InChI=1S/C19H17N3O2/c23-18-14-6-1-2-7-15(14)19(24)22(18)12-4-3-11-21-13-9-16-17(21)8-5-10-20-16/h1-2,5-10,13H,3-4,11-12H2. The predicted octanol–water partition coefficient (Wildman–Crippen LogP) is 3.11. The number of unbranched alkanes of at least 4 members (excludes halogenated alkanes) is 1. The Bertz CT molecular complexity index is 894. The van der Waals surface area contributed by atoms with Gasteiger partial charge in [0, 0.05) is 25.5 Å². The Morgan fingerprint density at radius 1 is 0.833 bits per heavy atom. The molecule has 0 spiro atoms. The van der Waals surface area contributed by atoms with Crippen molar-refractivity contribution in [1.82, 2.24) is 14.5 Å². The molecule has 4 rings (SSSR count). The first-order valence-electron chi connectivity index (χ1n) is 8.11. The summed E-state index contributed by atoms with van der Waals surface area (Å²) in [5, 5.41) is 0. The summed E-state index contributed by atoms with van der Waals surface area (Å²) < 4.78 is 2.16. The van der Waals surface area contributed by atoms with Gasteiger partial charge in [0.2, 0.25) is 0 Å². The highest BCUT2D eigenvalue weighted by molar-refractivity contribution is 6.21. The molecule has 0 bridgehead atoms. The summed E-state index contributed by atoms with van der Waals surface area (Å²) in [7, 11) is 0. The summed E-state index contributed by atoms with van der Waals surface area (Å²) in [6.45, 7) is 1.31. The highest BCUT2D eigenvalue weighted by atomic mass is 16.2. The summed E-state index contributed by atoms with van der Waals surface area (Å²) in [5.41, 5.74) is 3.13. The minimum absolute atomic E-state index is 0.175. The first-order chi connectivity index (χ1) is 11.8. The van der Waals surface area contributed by atoms with E-state index >= 15 is 0 Å². The number of aryl methyl sites for hydroxylation is 1. The molecule has 5 heteroatoms. The van der Waals surface area contributed by atoms with E-state index in [1.165, 1.54) is 4.90 Å². The molecule has 2 aromatic heterocycles. The minimum Gasteiger partial charge on any atom is -0.346 e. The zero-order valence-electron chi connectivity index (χ0n) is 13.2. The van der Waals surface area contributed by atoms with E-state index < -0.39 is 0 Å². The molecule has 0 aliphatic carbocycles. The van der Waals surface area contributed by atoms with E-state index in [1.54, 1.807) is 30.5 Å². The average Bonchev–Trinajstić information content (AvgIpc) is 3.13. The maximum Gasteiger partial charge on any atom is 0.261 e. The minimum atomic E-state index is -0.175. The van der Waals surface area contributed by atoms with Crippen molar-refractivity contribution in [3.05, 3.63) is 66.0 Å². The van der Waals surface area contributed by atoms with Gasteiger partial charge in [-0.1, -0.05) is 12.1 Å². The molecule has 120 valence electrons. The van der Waals surface area contributed by atoms with Crippen LogP contribution in [0.5, 0.6) is 0 Å². The lowest BCUT2D eigenvalue weighted by molar-refractivity contribution is 0.0651. The Labute approximate surface area is 139 Å². The molecule has 1 aliphatic heterocycles. The lowest BCUT2D eigenvalue weighted by Crippen LogP contribution is -2.30. The molecule has 3 aromatic rings. The van der Waals surface area contributed by atoms with Crippen molar-refractivity contribution < 1.29 is 9.59 Å². The maximum absolute atomic E-state index is 12.3. The number of imide groups is 1. The third-order valence-electron chi connectivity index (χ3n) is 4.45. The number of pyridine rings is 1. The van der Waals surface area contributed by atoms with Crippen LogP contribution in [0.4, 0.5) is 0 Å². The summed E-state index contributed by atoms with van der Waals surface area (Å²) in [6, 6.07) is 13.0. The number of carbonyl (C=O) groups is 2. The van der Waals surface area contributed by atoms with Gasteiger partial charge in [-0.3, -0.25) is 19.5 Å². The summed E-state index contributed by atoms with van der Waals surface area (Å²) in [6.07, 6.45) is 5.49. The number of nitrogens with zero attached hydrogens (tertiary/aromatic N) is 3. The molecular weight excluding hydrogens is 302 g/mol. The fourth-order valence-electron chi connectivity index (χ4n) is 3.21. The zero-order valence-corrected chi connectivity index (χ0v) is 13.2. The number of hydrogen-bond donors (Lipinski definition) is 0. The highest BCUT2D eigenvalue weighted by Gasteiger charge is 2.34. The molecule has 3 heterocycles. The van der Waals surface area contributed by atoms with Crippen molar-refractivity contribution in [2.45, 2.75) is 19.4 Å². The number of rotatable bonds is 5. The second-order valence-electron chi connectivity index (χ2n) is 5.93. The second-order valence-corrected chi connectivity index (χ2v) is 5.93. The van der Waals surface area contributed by atoms with Crippen molar-refractivity contribution >= 4 is 22.8 Å². The summed E-state index contributed by atoms with van der Waals surface area (Å²) in [5.74, 6) is -0.350. The molecule has 2 amide bonds. The smallest absolute Gasteiger partial charge is 0.261 e. The van der Waals surface area contributed by atoms with E-state index in [0.29, 0.717) is 17.7 Å². The van der Waals surface area contributed by atoms with Gasteiger partial charge in [0.05, 0.1) is 22.2 Å². The molecule has 0 saturated carbocycles. The van der Waals surface area contributed by atoms with Crippen LogP contribution in [0.25, 0.3) is 11.0 Å². The molecule has 1 aliphatic rings. The van der Waals surface area contributed by atoms with Crippen LogP contribution >= 0.6 is 0 Å². The number of amides is 2.